The second-order valence-corrected chi connectivity index (χ2v) is 3.82. The van der Waals surface area contributed by atoms with Crippen LogP contribution in [0.2, 0.25) is 0 Å². The Kier molecular flexibility index (Phi) is 2.94. The normalized spacial score (nSPS) is 25.1. The molecular formula is C11H13FN2O. The Hall–Kier alpha value is -1.45. The Morgan fingerprint density at radius 2 is 2.40 bits per heavy atom. The lowest BCUT2D eigenvalue weighted by atomic mass is 10.2. The maximum absolute atomic E-state index is 12.9. The Morgan fingerprint density at radius 1 is 1.53 bits per heavy atom. The van der Waals surface area contributed by atoms with E-state index in [1.54, 1.807) is 18.3 Å². The standard InChI is InChI=1S/C11H13FN2O/c12-9-3-4-10(6-9)14-11(15)8-2-1-5-13-7-8/h1-2,5,7,9-10H,3-4,6H2,(H,14,15). The zero-order valence-electron chi connectivity index (χ0n) is 8.32. The van der Waals surface area contributed by atoms with Crippen molar-refractivity contribution in [1.82, 2.24) is 10.3 Å². The summed E-state index contributed by atoms with van der Waals surface area (Å²) >= 11 is 0. The van der Waals surface area contributed by atoms with Crippen LogP contribution in [-0.2, 0) is 0 Å². The van der Waals surface area contributed by atoms with Gasteiger partial charge in [0, 0.05) is 18.4 Å². The second kappa shape index (κ2) is 4.38. The van der Waals surface area contributed by atoms with Gasteiger partial charge in [0.1, 0.15) is 6.17 Å². The van der Waals surface area contributed by atoms with Crippen LogP contribution in [0.5, 0.6) is 0 Å². The van der Waals surface area contributed by atoms with Crippen LogP contribution < -0.4 is 5.32 Å². The van der Waals surface area contributed by atoms with Gasteiger partial charge in [0.15, 0.2) is 0 Å². The van der Waals surface area contributed by atoms with E-state index in [9.17, 15) is 9.18 Å². The van der Waals surface area contributed by atoms with E-state index in [-0.39, 0.29) is 11.9 Å². The summed E-state index contributed by atoms with van der Waals surface area (Å²) in [5.74, 6) is -0.165. The number of hydrogen-bond donors (Lipinski definition) is 1. The number of carbonyl (C=O) groups excluding carboxylic acids is 1. The highest BCUT2D eigenvalue weighted by Crippen LogP contribution is 2.21. The number of pyridine rings is 1. The lowest BCUT2D eigenvalue weighted by molar-refractivity contribution is 0.0936. The van der Waals surface area contributed by atoms with Crippen molar-refractivity contribution < 1.29 is 9.18 Å². The summed E-state index contributed by atoms with van der Waals surface area (Å²) in [5.41, 5.74) is 0.528. The molecule has 1 saturated carbocycles. The van der Waals surface area contributed by atoms with E-state index in [0.29, 0.717) is 18.4 Å². The summed E-state index contributed by atoms with van der Waals surface area (Å²) in [6.45, 7) is 0. The molecule has 1 aromatic heterocycles. The Bertz CT molecular complexity index is 342. The Morgan fingerprint density at radius 3 is 3.00 bits per heavy atom. The minimum absolute atomic E-state index is 0.0206. The molecule has 1 fully saturated rings. The molecule has 2 unspecified atom stereocenters. The number of amides is 1. The SMILES string of the molecule is O=C(NC1CCC(F)C1)c1cccnc1. The molecule has 0 spiro atoms. The number of rotatable bonds is 2. The van der Waals surface area contributed by atoms with Gasteiger partial charge in [-0.1, -0.05) is 0 Å². The van der Waals surface area contributed by atoms with E-state index in [2.05, 4.69) is 10.3 Å². The molecule has 1 amide bonds. The maximum Gasteiger partial charge on any atom is 0.253 e. The Labute approximate surface area is 87.7 Å². The molecule has 1 heterocycles. The van der Waals surface area contributed by atoms with Gasteiger partial charge in [-0.25, -0.2) is 4.39 Å². The van der Waals surface area contributed by atoms with Crippen LogP contribution in [0.4, 0.5) is 4.39 Å². The predicted molar refractivity (Wildman–Crippen MR) is 54.2 cm³/mol. The van der Waals surface area contributed by atoms with E-state index in [4.69, 9.17) is 0 Å². The predicted octanol–water partition coefficient (Wildman–Crippen LogP) is 1.70. The van der Waals surface area contributed by atoms with Gasteiger partial charge in [0.25, 0.3) is 5.91 Å². The van der Waals surface area contributed by atoms with E-state index in [1.165, 1.54) is 6.20 Å². The van der Waals surface area contributed by atoms with E-state index in [1.807, 2.05) is 0 Å². The molecule has 1 N–H and O–H groups in total. The number of carbonyl (C=O) groups is 1. The third-order valence-electron chi connectivity index (χ3n) is 2.63. The molecule has 15 heavy (non-hydrogen) atoms. The van der Waals surface area contributed by atoms with Gasteiger partial charge >= 0.3 is 0 Å². The van der Waals surface area contributed by atoms with Crippen LogP contribution in [-0.4, -0.2) is 23.1 Å². The first-order valence-electron chi connectivity index (χ1n) is 5.10. The fourth-order valence-corrected chi connectivity index (χ4v) is 1.82. The second-order valence-electron chi connectivity index (χ2n) is 3.82. The van der Waals surface area contributed by atoms with Crippen molar-refractivity contribution in [3.8, 4) is 0 Å². The molecule has 2 atom stereocenters. The van der Waals surface area contributed by atoms with Crippen molar-refractivity contribution in [3.05, 3.63) is 30.1 Å². The van der Waals surface area contributed by atoms with Gasteiger partial charge in [-0.15, -0.1) is 0 Å². The average molecular weight is 208 g/mol. The minimum Gasteiger partial charge on any atom is -0.349 e. The number of alkyl halides is 1. The van der Waals surface area contributed by atoms with Crippen LogP contribution >= 0.6 is 0 Å². The molecule has 4 heteroatoms. The van der Waals surface area contributed by atoms with Crippen molar-refractivity contribution in [2.24, 2.45) is 0 Å². The van der Waals surface area contributed by atoms with Crippen molar-refractivity contribution in [2.75, 3.05) is 0 Å². The number of nitrogens with zero attached hydrogens (tertiary/aromatic N) is 1. The molecule has 2 rings (SSSR count). The molecule has 0 aromatic carbocycles. The molecule has 0 radical (unpaired) electrons. The van der Waals surface area contributed by atoms with Crippen molar-refractivity contribution in [1.29, 1.82) is 0 Å². The summed E-state index contributed by atoms with van der Waals surface area (Å²) in [4.78, 5) is 15.5. The molecule has 0 aliphatic heterocycles. The molecule has 1 aliphatic carbocycles. The van der Waals surface area contributed by atoms with Gasteiger partial charge in [-0.2, -0.15) is 0 Å². The summed E-state index contributed by atoms with van der Waals surface area (Å²) in [5, 5.41) is 2.81. The highest BCUT2D eigenvalue weighted by atomic mass is 19.1. The first kappa shape index (κ1) is 10.1. The molecular weight excluding hydrogens is 195 g/mol. The first-order chi connectivity index (χ1) is 7.25. The van der Waals surface area contributed by atoms with Crippen LogP contribution in [0.1, 0.15) is 29.6 Å². The minimum atomic E-state index is -0.760. The lowest BCUT2D eigenvalue weighted by Crippen LogP contribution is -2.33. The summed E-state index contributed by atoms with van der Waals surface area (Å²) in [7, 11) is 0. The highest BCUT2D eigenvalue weighted by molar-refractivity contribution is 5.94. The number of nitrogens with one attached hydrogen (secondary N) is 1. The van der Waals surface area contributed by atoms with Gasteiger partial charge in [-0.3, -0.25) is 9.78 Å². The molecule has 0 saturated heterocycles. The number of hydrogen-bond acceptors (Lipinski definition) is 2. The largest absolute Gasteiger partial charge is 0.349 e. The summed E-state index contributed by atoms with van der Waals surface area (Å²) in [6, 6.07) is 3.39. The quantitative estimate of drug-likeness (QED) is 0.803. The summed E-state index contributed by atoms with van der Waals surface area (Å²) < 4.78 is 12.9. The average Bonchev–Trinajstić information content (AvgIpc) is 2.65. The van der Waals surface area contributed by atoms with Crippen LogP contribution in [0, 0.1) is 0 Å². The van der Waals surface area contributed by atoms with Gasteiger partial charge < -0.3 is 5.32 Å². The summed E-state index contributed by atoms with van der Waals surface area (Å²) in [6.07, 6.45) is 4.09. The van der Waals surface area contributed by atoms with Crippen molar-refractivity contribution in [2.45, 2.75) is 31.5 Å². The van der Waals surface area contributed by atoms with E-state index >= 15 is 0 Å². The number of halogens is 1. The van der Waals surface area contributed by atoms with Crippen LogP contribution in [0.3, 0.4) is 0 Å². The van der Waals surface area contributed by atoms with E-state index in [0.717, 1.165) is 6.42 Å². The first-order valence-corrected chi connectivity index (χ1v) is 5.10. The van der Waals surface area contributed by atoms with Crippen molar-refractivity contribution in [3.63, 3.8) is 0 Å². The smallest absolute Gasteiger partial charge is 0.253 e. The fraction of sp³-hybridized carbons (Fsp3) is 0.455. The molecule has 1 aromatic rings. The van der Waals surface area contributed by atoms with Gasteiger partial charge in [0.2, 0.25) is 0 Å². The fourth-order valence-electron chi connectivity index (χ4n) is 1.82. The number of aromatic nitrogens is 1. The third-order valence-corrected chi connectivity index (χ3v) is 2.63. The highest BCUT2D eigenvalue weighted by Gasteiger charge is 2.25. The van der Waals surface area contributed by atoms with Crippen molar-refractivity contribution >= 4 is 5.91 Å². The zero-order chi connectivity index (χ0) is 10.7. The van der Waals surface area contributed by atoms with Gasteiger partial charge in [0.05, 0.1) is 5.56 Å². The molecule has 3 nitrogen and oxygen atoms in total. The van der Waals surface area contributed by atoms with Crippen LogP contribution in [0.15, 0.2) is 24.5 Å². The maximum atomic E-state index is 12.9. The topological polar surface area (TPSA) is 42.0 Å². The Balaban J connectivity index is 1.93. The molecule has 80 valence electrons. The zero-order valence-corrected chi connectivity index (χ0v) is 8.32. The molecule has 0 bridgehead atoms. The van der Waals surface area contributed by atoms with Gasteiger partial charge in [-0.05, 0) is 31.4 Å². The third kappa shape index (κ3) is 2.52. The lowest BCUT2D eigenvalue weighted by Gasteiger charge is -2.11. The monoisotopic (exact) mass is 208 g/mol. The molecule has 1 aliphatic rings. The van der Waals surface area contributed by atoms with Crippen LogP contribution in [0.25, 0.3) is 0 Å². The van der Waals surface area contributed by atoms with E-state index < -0.39 is 6.17 Å².